The predicted octanol–water partition coefficient (Wildman–Crippen LogP) is 2.55. The molecular weight excluding hydrogens is 252 g/mol. The first kappa shape index (κ1) is 13.0. The second kappa shape index (κ2) is 5.93. The van der Waals surface area contributed by atoms with E-state index in [9.17, 15) is 0 Å². The summed E-state index contributed by atoms with van der Waals surface area (Å²) in [4.78, 5) is 8.49. The van der Waals surface area contributed by atoms with Gasteiger partial charge in [0.2, 0.25) is 0 Å². The molecule has 0 N–H and O–H groups in total. The first-order chi connectivity index (χ1) is 8.72. The van der Waals surface area contributed by atoms with E-state index in [0.717, 1.165) is 24.2 Å². The highest BCUT2D eigenvalue weighted by Gasteiger charge is 2.07. The normalized spacial score (nSPS) is 10.8. The summed E-state index contributed by atoms with van der Waals surface area (Å²) in [5.41, 5.74) is 1.70. The molecule has 0 aliphatic heterocycles. The number of hydrogen-bond donors (Lipinski definition) is 0. The van der Waals surface area contributed by atoms with Crippen LogP contribution in [0.2, 0.25) is 5.15 Å². The molecule has 0 atom stereocenters. The minimum absolute atomic E-state index is 0.344. The van der Waals surface area contributed by atoms with Crippen molar-refractivity contribution >= 4 is 11.6 Å². The summed E-state index contributed by atoms with van der Waals surface area (Å²) in [7, 11) is 1.60. The van der Waals surface area contributed by atoms with Crippen LogP contribution in [0, 0.1) is 0 Å². The second-order valence-electron chi connectivity index (χ2n) is 3.92. The van der Waals surface area contributed by atoms with Crippen molar-refractivity contribution in [3.63, 3.8) is 0 Å². The van der Waals surface area contributed by atoms with Gasteiger partial charge in [-0.25, -0.2) is 9.97 Å². The van der Waals surface area contributed by atoms with Crippen LogP contribution >= 0.6 is 11.6 Å². The highest BCUT2D eigenvalue weighted by Crippen LogP contribution is 2.19. The summed E-state index contributed by atoms with van der Waals surface area (Å²) < 4.78 is 6.90. The minimum Gasteiger partial charge on any atom is -0.377 e. The van der Waals surface area contributed by atoms with Crippen LogP contribution in [0.15, 0.2) is 18.5 Å². The maximum absolute atomic E-state index is 5.97. The second-order valence-corrected chi connectivity index (χ2v) is 4.30. The molecule has 0 spiro atoms. The van der Waals surface area contributed by atoms with E-state index in [1.807, 2.05) is 10.9 Å². The molecule has 2 aromatic heterocycles. The van der Waals surface area contributed by atoms with E-state index in [2.05, 4.69) is 22.0 Å². The van der Waals surface area contributed by atoms with Gasteiger partial charge in [0.05, 0.1) is 11.9 Å². The van der Waals surface area contributed by atoms with Crippen molar-refractivity contribution in [3.8, 4) is 11.3 Å². The highest BCUT2D eigenvalue weighted by molar-refractivity contribution is 6.29. The molecule has 0 amide bonds. The Labute approximate surface area is 111 Å². The molecule has 5 nitrogen and oxygen atoms in total. The maximum Gasteiger partial charge on any atom is 0.156 e. The van der Waals surface area contributed by atoms with Crippen molar-refractivity contribution in [3.05, 3.63) is 29.4 Å². The topological polar surface area (TPSA) is 52.8 Å². The highest BCUT2D eigenvalue weighted by atomic mass is 35.5. The van der Waals surface area contributed by atoms with Crippen LogP contribution in [0.4, 0.5) is 0 Å². The molecule has 0 aromatic carbocycles. The molecule has 2 rings (SSSR count). The Bertz CT molecular complexity index is 527. The lowest BCUT2D eigenvalue weighted by atomic mass is 10.2. The Kier molecular flexibility index (Phi) is 4.28. The molecule has 0 saturated heterocycles. The minimum atomic E-state index is 0.344. The molecule has 0 saturated carbocycles. The van der Waals surface area contributed by atoms with E-state index in [4.69, 9.17) is 16.3 Å². The number of ether oxygens (including phenoxy) is 1. The van der Waals surface area contributed by atoms with Crippen LogP contribution in [0.3, 0.4) is 0 Å². The third-order valence-corrected chi connectivity index (χ3v) is 2.59. The van der Waals surface area contributed by atoms with E-state index in [1.165, 1.54) is 0 Å². The van der Waals surface area contributed by atoms with Crippen molar-refractivity contribution < 1.29 is 4.74 Å². The van der Waals surface area contributed by atoms with Crippen LogP contribution in [0.5, 0.6) is 0 Å². The van der Waals surface area contributed by atoms with E-state index < -0.39 is 0 Å². The molecule has 0 radical (unpaired) electrons. The quantitative estimate of drug-likeness (QED) is 0.781. The Morgan fingerprint density at radius 3 is 2.94 bits per heavy atom. The SMILES string of the molecule is CCCn1cc(-c2cc(Cl)nc(COC)n2)cn1. The fourth-order valence-electron chi connectivity index (χ4n) is 1.65. The lowest BCUT2D eigenvalue weighted by molar-refractivity contribution is 0.178. The van der Waals surface area contributed by atoms with Gasteiger partial charge in [0.25, 0.3) is 0 Å². The standard InChI is InChI=1S/C12H15ClN4O/c1-3-4-17-7-9(6-14-17)10-5-11(13)16-12(15-10)8-18-2/h5-7H,3-4,8H2,1-2H3. The summed E-state index contributed by atoms with van der Waals surface area (Å²) >= 11 is 5.97. The number of halogens is 1. The number of aryl methyl sites for hydroxylation is 1. The Morgan fingerprint density at radius 2 is 2.22 bits per heavy atom. The smallest absolute Gasteiger partial charge is 0.156 e. The summed E-state index contributed by atoms with van der Waals surface area (Å²) in [6.45, 7) is 3.35. The lowest BCUT2D eigenvalue weighted by Gasteiger charge is -2.02. The molecule has 0 aliphatic rings. The van der Waals surface area contributed by atoms with Gasteiger partial charge < -0.3 is 4.74 Å². The van der Waals surface area contributed by atoms with Gasteiger partial charge in [-0.2, -0.15) is 5.10 Å². The van der Waals surface area contributed by atoms with Crippen molar-refractivity contribution in [1.29, 1.82) is 0 Å². The van der Waals surface area contributed by atoms with Gasteiger partial charge in [0, 0.05) is 31.5 Å². The third kappa shape index (κ3) is 3.05. The van der Waals surface area contributed by atoms with Gasteiger partial charge in [0.1, 0.15) is 11.8 Å². The van der Waals surface area contributed by atoms with Crippen LogP contribution < -0.4 is 0 Å². The van der Waals surface area contributed by atoms with Gasteiger partial charge in [-0.3, -0.25) is 4.68 Å². The van der Waals surface area contributed by atoms with E-state index >= 15 is 0 Å². The number of hydrogen-bond acceptors (Lipinski definition) is 4. The largest absolute Gasteiger partial charge is 0.377 e. The van der Waals surface area contributed by atoms with Crippen molar-refractivity contribution in [2.45, 2.75) is 26.5 Å². The van der Waals surface area contributed by atoms with Gasteiger partial charge in [-0.05, 0) is 6.42 Å². The van der Waals surface area contributed by atoms with Crippen LogP contribution in [0.25, 0.3) is 11.3 Å². The van der Waals surface area contributed by atoms with Crippen molar-refractivity contribution in [1.82, 2.24) is 19.7 Å². The number of methoxy groups -OCH3 is 1. The average molecular weight is 267 g/mol. The molecule has 18 heavy (non-hydrogen) atoms. The van der Waals surface area contributed by atoms with E-state index in [1.54, 1.807) is 19.4 Å². The Balaban J connectivity index is 2.30. The number of aromatic nitrogens is 4. The zero-order chi connectivity index (χ0) is 13.0. The zero-order valence-corrected chi connectivity index (χ0v) is 11.2. The van der Waals surface area contributed by atoms with E-state index in [-0.39, 0.29) is 0 Å². The summed E-state index contributed by atoms with van der Waals surface area (Å²) in [5, 5.41) is 4.68. The molecule has 6 heteroatoms. The van der Waals surface area contributed by atoms with Gasteiger partial charge in [-0.15, -0.1) is 0 Å². The maximum atomic E-state index is 5.97. The molecule has 0 bridgehead atoms. The molecular formula is C12H15ClN4O. The van der Waals surface area contributed by atoms with Gasteiger partial charge in [-0.1, -0.05) is 18.5 Å². The van der Waals surface area contributed by atoms with Crippen molar-refractivity contribution in [2.24, 2.45) is 0 Å². The first-order valence-electron chi connectivity index (χ1n) is 5.78. The number of nitrogens with zero attached hydrogens (tertiary/aromatic N) is 4. The fourth-order valence-corrected chi connectivity index (χ4v) is 1.85. The number of rotatable bonds is 5. The molecule has 0 aliphatic carbocycles. The molecule has 96 valence electrons. The lowest BCUT2D eigenvalue weighted by Crippen LogP contribution is -1.98. The summed E-state index contributed by atoms with van der Waals surface area (Å²) in [6, 6.07) is 1.73. The molecule has 2 heterocycles. The van der Waals surface area contributed by atoms with Crippen LogP contribution in [-0.2, 0) is 17.9 Å². The molecule has 0 unspecified atom stereocenters. The Hall–Kier alpha value is -1.46. The Morgan fingerprint density at radius 1 is 1.39 bits per heavy atom. The van der Waals surface area contributed by atoms with E-state index in [0.29, 0.717) is 17.6 Å². The average Bonchev–Trinajstić information content (AvgIpc) is 2.78. The van der Waals surface area contributed by atoms with Gasteiger partial charge in [0.15, 0.2) is 5.82 Å². The first-order valence-corrected chi connectivity index (χ1v) is 6.16. The fraction of sp³-hybridized carbons (Fsp3) is 0.417. The third-order valence-electron chi connectivity index (χ3n) is 2.40. The molecule has 2 aromatic rings. The predicted molar refractivity (Wildman–Crippen MR) is 69.3 cm³/mol. The van der Waals surface area contributed by atoms with Gasteiger partial charge >= 0.3 is 0 Å². The van der Waals surface area contributed by atoms with Crippen molar-refractivity contribution in [2.75, 3.05) is 7.11 Å². The summed E-state index contributed by atoms with van der Waals surface area (Å²) in [5.74, 6) is 0.572. The van der Waals surface area contributed by atoms with Crippen LogP contribution in [-0.4, -0.2) is 26.9 Å². The zero-order valence-electron chi connectivity index (χ0n) is 10.4. The monoisotopic (exact) mass is 266 g/mol. The summed E-state index contributed by atoms with van der Waals surface area (Å²) in [6.07, 6.45) is 4.78. The molecule has 0 fully saturated rings. The van der Waals surface area contributed by atoms with Crippen LogP contribution in [0.1, 0.15) is 19.2 Å².